The Balaban J connectivity index is 2.12. The summed E-state index contributed by atoms with van der Waals surface area (Å²) in [5.74, 6) is -1.11. The summed E-state index contributed by atoms with van der Waals surface area (Å²) in [7, 11) is 0. The van der Waals surface area contributed by atoms with E-state index in [0.717, 1.165) is 42.8 Å². The number of esters is 1. The Kier molecular flexibility index (Phi) is 5.06. The van der Waals surface area contributed by atoms with Crippen molar-refractivity contribution in [2.24, 2.45) is 0 Å². The molecule has 2 rings (SSSR count). The van der Waals surface area contributed by atoms with Crippen LogP contribution in [0.4, 0.5) is 8.78 Å². The van der Waals surface area contributed by atoms with Crippen molar-refractivity contribution in [3.63, 3.8) is 0 Å². The number of piperidine rings is 1. The van der Waals surface area contributed by atoms with E-state index in [4.69, 9.17) is 4.74 Å². The third-order valence-electron chi connectivity index (χ3n) is 3.73. The van der Waals surface area contributed by atoms with Gasteiger partial charge in [0, 0.05) is 12.0 Å². The van der Waals surface area contributed by atoms with E-state index in [1.165, 1.54) is 6.07 Å². The molecule has 1 N–H and O–H groups in total. The fourth-order valence-corrected chi connectivity index (χ4v) is 2.74. The Morgan fingerprint density at radius 2 is 2.20 bits per heavy atom. The molecule has 0 amide bonds. The topological polar surface area (TPSA) is 30.7 Å². The van der Waals surface area contributed by atoms with E-state index in [1.54, 1.807) is 6.92 Å². The molecule has 0 spiro atoms. The average molecular weight is 284 g/mol. The third-order valence-corrected chi connectivity index (χ3v) is 3.73. The van der Waals surface area contributed by atoms with E-state index in [2.05, 4.69) is 0 Å². The van der Waals surface area contributed by atoms with Crippen LogP contribution in [0.2, 0.25) is 0 Å². The van der Waals surface area contributed by atoms with Crippen molar-refractivity contribution >= 4 is 5.97 Å². The molecule has 110 valence electrons. The van der Waals surface area contributed by atoms with Gasteiger partial charge in [0.25, 0.3) is 0 Å². The quantitative estimate of drug-likeness (QED) is 0.849. The van der Waals surface area contributed by atoms with Crippen molar-refractivity contribution < 1.29 is 23.2 Å². The Hall–Kier alpha value is -1.49. The maximum Gasteiger partial charge on any atom is 0.364 e. The Morgan fingerprint density at radius 1 is 1.40 bits per heavy atom. The number of hydrogen-bond donors (Lipinski definition) is 1. The number of rotatable bonds is 4. The van der Waals surface area contributed by atoms with Gasteiger partial charge in [-0.1, -0.05) is 0 Å². The molecule has 20 heavy (non-hydrogen) atoms. The number of ether oxygens (including phenoxy) is 1. The number of nitrogens with one attached hydrogen (secondary N) is 1. The van der Waals surface area contributed by atoms with Crippen LogP contribution < -0.4 is 4.90 Å². The zero-order valence-corrected chi connectivity index (χ0v) is 11.6. The van der Waals surface area contributed by atoms with Crippen molar-refractivity contribution in [3.05, 3.63) is 35.4 Å². The highest BCUT2D eigenvalue weighted by molar-refractivity contribution is 5.74. The molecule has 1 aliphatic rings. The molecule has 0 aliphatic carbocycles. The number of carbonyl (C=O) groups is 1. The molecule has 5 heteroatoms. The van der Waals surface area contributed by atoms with Crippen LogP contribution in [0.3, 0.4) is 0 Å². The van der Waals surface area contributed by atoms with Crippen LogP contribution >= 0.6 is 0 Å². The standard InChI is InChI=1S/C15H19F2NO2/c1-2-20-15(19)14-5-3-4-8-18(14)10-11-9-12(16)6-7-13(11)17/h6-7,9,14H,2-5,8,10H2,1H3/p+1/t14-/m1/s1. The summed E-state index contributed by atoms with van der Waals surface area (Å²) in [6, 6.07) is 3.17. The van der Waals surface area contributed by atoms with Gasteiger partial charge in [-0.15, -0.1) is 0 Å². The molecular formula is C15H20F2NO2+. The van der Waals surface area contributed by atoms with Crippen LogP contribution in [-0.2, 0) is 16.1 Å². The molecule has 2 atom stereocenters. The summed E-state index contributed by atoms with van der Waals surface area (Å²) in [5.41, 5.74) is 0.316. The molecule has 1 heterocycles. The lowest BCUT2D eigenvalue weighted by Gasteiger charge is -2.31. The van der Waals surface area contributed by atoms with Crippen molar-refractivity contribution in [1.82, 2.24) is 0 Å². The highest BCUT2D eigenvalue weighted by Gasteiger charge is 2.34. The smallest absolute Gasteiger partial charge is 0.364 e. The van der Waals surface area contributed by atoms with Crippen LogP contribution in [0.5, 0.6) is 0 Å². The van der Waals surface area contributed by atoms with Gasteiger partial charge in [0.05, 0.1) is 13.2 Å². The molecular weight excluding hydrogens is 264 g/mol. The Bertz CT molecular complexity index is 479. The molecule has 0 aromatic heterocycles. The van der Waals surface area contributed by atoms with Gasteiger partial charge < -0.3 is 9.64 Å². The van der Waals surface area contributed by atoms with E-state index in [1.807, 2.05) is 0 Å². The lowest BCUT2D eigenvalue weighted by atomic mass is 10.0. The van der Waals surface area contributed by atoms with Gasteiger partial charge in [-0.05, 0) is 38.0 Å². The Labute approximate surface area is 117 Å². The number of likely N-dealkylation sites (tertiary alicyclic amines) is 1. The fraction of sp³-hybridized carbons (Fsp3) is 0.533. The van der Waals surface area contributed by atoms with Gasteiger partial charge in [0.2, 0.25) is 0 Å². The largest absolute Gasteiger partial charge is 0.462 e. The molecule has 1 fully saturated rings. The van der Waals surface area contributed by atoms with Crippen LogP contribution in [0.1, 0.15) is 31.7 Å². The molecule has 1 aromatic carbocycles. The summed E-state index contributed by atoms with van der Waals surface area (Å²) in [6.45, 7) is 3.20. The minimum atomic E-state index is -0.453. The second kappa shape index (κ2) is 6.79. The highest BCUT2D eigenvalue weighted by atomic mass is 19.1. The maximum absolute atomic E-state index is 13.7. The van der Waals surface area contributed by atoms with Crippen molar-refractivity contribution in [1.29, 1.82) is 0 Å². The zero-order chi connectivity index (χ0) is 14.5. The first-order valence-corrected chi connectivity index (χ1v) is 7.07. The summed E-state index contributed by atoms with van der Waals surface area (Å²) in [5, 5.41) is 0. The van der Waals surface area contributed by atoms with E-state index in [9.17, 15) is 13.6 Å². The lowest BCUT2D eigenvalue weighted by Crippen LogP contribution is -3.16. The molecule has 1 aliphatic heterocycles. The van der Waals surface area contributed by atoms with Gasteiger partial charge in [-0.3, -0.25) is 0 Å². The average Bonchev–Trinajstić information content (AvgIpc) is 2.44. The van der Waals surface area contributed by atoms with Gasteiger partial charge in [-0.25, -0.2) is 13.6 Å². The number of quaternary nitrogens is 1. The molecule has 1 aromatic rings. The minimum absolute atomic E-state index is 0.237. The molecule has 1 saturated heterocycles. The van der Waals surface area contributed by atoms with E-state index in [-0.39, 0.29) is 12.0 Å². The maximum atomic E-state index is 13.7. The SMILES string of the molecule is CCOC(=O)[C@H]1CCCC[NH+]1Cc1cc(F)ccc1F. The highest BCUT2D eigenvalue weighted by Crippen LogP contribution is 2.11. The first kappa shape index (κ1) is 14.9. The molecule has 0 bridgehead atoms. The monoisotopic (exact) mass is 284 g/mol. The van der Waals surface area contributed by atoms with Crippen LogP contribution in [-0.4, -0.2) is 25.2 Å². The lowest BCUT2D eigenvalue weighted by molar-refractivity contribution is -0.935. The number of benzene rings is 1. The first-order chi connectivity index (χ1) is 9.61. The predicted octanol–water partition coefficient (Wildman–Crippen LogP) is 1.47. The van der Waals surface area contributed by atoms with Gasteiger partial charge >= 0.3 is 5.97 Å². The van der Waals surface area contributed by atoms with Crippen molar-refractivity contribution in [2.45, 2.75) is 38.8 Å². The predicted molar refractivity (Wildman–Crippen MR) is 70.2 cm³/mol. The van der Waals surface area contributed by atoms with E-state index in [0.29, 0.717) is 18.7 Å². The summed E-state index contributed by atoms with van der Waals surface area (Å²) in [4.78, 5) is 12.9. The van der Waals surface area contributed by atoms with Gasteiger partial charge in [0.1, 0.15) is 18.2 Å². The number of hydrogen-bond acceptors (Lipinski definition) is 2. The number of carbonyl (C=O) groups excluding carboxylic acids is 1. The Morgan fingerprint density at radius 3 is 2.95 bits per heavy atom. The van der Waals surface area contributed by atoms with Crippen molar-refractivity contribution in [2.75, 3.05) is 13.2 Å². The van der Waals surface area contributed by atoms with E-state index < -0.39 is 11.6 Å². The van der Waals surface area contributed by atoms with Crippen LogP contribution in [0, 0.1) is 11.6 Å². The van der Waals surface area contributed by atoms with Crippen molar-refractivity contribution in [3.8, 4) is 0 Å². The summed E-state index contributed by atoms with van der Waals surface area (Å²) in [6.07, 6.45) is 2.70. The number of halogens is 2. The zero-order valence-electron chi connectivity index (χ0n) is 11.6. The molecule has 3 nitrogen and oxygen atoms in total. The molecule has 1 unspecified atom stereocenters. The second-order valence-electron chi connectivity index (χ2n) is 5.12. The fourth-order valence-electron chi connectivity index (χ4n) is 2.74. The normalized spacial score (nSPS) is 22.6. The van der Waals surface area contributed by atoms with Crippen LogP contribution in [0.15, 0.2) is 18.2 Å². The third kappa shape index (κ3) is 3.54. The minimum Gasteiger partial charge on any atom is -0.462 e. The van der Waals surface area contributed by atoms with E-state index >= 15 is 0 Å². The molecule has 0 saturated carbocycles. The molecule has 0 radical (unpaired) electrons. The van der Waals surface area contributed by atoms with Gasteiger partial charge in [-0.2, -0.15) is 0 Å². The summed E-state index contributed by atoms with van der Waals surface area (Å²) < 4.78 is 32.0. The van der Waals surface area contributed by atoms with Crippen LogP contribution in [0.25, 0.3) is 0 Å². The van der Waals surface area contributed by atoms with Gasteiger partial charge in [0.15, 0.2) is 6.04 Å². The first-order valence-electron chi connectivity index (χ1n) is 7.07. The second-order valence-corrected chi connectivity index (χ2v) is 5.12. The summed E-state index contributed by atoms with van der Waals surface area (Å²) >= 11 is 0.